The van der Waals surface area contributed by atoms with Gasteiger partial charge in [-0.25, -0.2) is 4.98 Å². The number of hydrogen-bond acceptors (Lipinski definition) is 6. The van der Waals surface area contributed by atoms with Crippen LogP contribution in [-0.2, 0) is 12.7 Å². The lowest BCUT2D eigenvalue weighted by Crippen LogP contribution is -2.43. The molecule has 2 aromatic heterocycles. The summed E-state index contributed by atoms with van der Waals surface area (Å²) in [6.07, 6.45) is -3.34. The number of benzene rings is 2. The van der Waals surface area contributed by atoms with Gasteiger partial charge in [-0.05, 0) is 44.0 Å². The summed E-state index contributed by atoms with van der Waals surface area (Å²) in [6.45, 7) is 4.94. The summed E-state index contributed by atoms with van der Waals surface area (Å²) in [5, 5.41) is 4.81. The maximum Gasteiger partial charge on any atom is 0.416 e. The Kier molecular flexibility index (Phi) is 6.16. The van der Waals surface area contributed by atoms with Gasteiger partial charge in [-0.1, -0.05) is 31.2 Å². The lowest BCUT2D eigenvalue weighted by atomic mass is 9.98. The maximum absolute atomic E-state index is 13.4. The highest BCUT2D eigenvalue weighted by atomic mass is 19.4. The lowest BCUT2D eigenvalue weighted by molar-refractivity contribution is -0.137. The van der Waals surface area contributed by atoms with E-state index >= 15 is 0 Å². The van der Waals surface area contributed by atoms with Gasteiger partial charge in [-0.15, -0.1) is 0 Å². The number of methoxy groups -OCH3 is 1. The Hall–Kier alpha value is -4.21. The molecular formula is C30H27F3N4O3. The Balaban J connectivity index is 1.40. The molecule has 0 fully saturated rings. The molecule has 206 valence electrons. The van der Waals surface area contributed by atoms with E-state index in [4.69, 9.17) is 14.8 Å². The number of alkyl halides is 3. The van der Waals surface area contributed by atoms with Crippen molar-refractivity contribution in [1.29, 1.82) is 0 Å². The number of anilines is 1. The summed E-state index contributed by atoms with van der Waals surface area (Å²) in [4.78, 5) is 33.0. The third-order valence-electron chi connectivity index (χ3n) is 7.94. The van der Waals surface area contributed by atoms with Crippen LogP contribution in [0.25, 0.3) is 22.3 Å². The molecule has 1 aliphatic heterocycles. The highest BCUT2D eigenvalue weighted by molar-refractivity contribution is 6.26. The largest absolute Gasteiger partial charge is 0.496 e. The van der Waals surface area contributed by atoms with Crippen molar-refractivity contribution in [2.45, 2.75) is 45.5 Å². The van der Waals surface area contributed by atoms with Gasteiger partial charge in [0.05, 0.1) is 30.8 Å². The molecule has 0 amide bonds. The Morgan fingerprint density at radius 2 is 1.73 bits per heavy atom. The van der Waals surface area contributed by atoms with E-state index in [1.54, 1.807) is 24.3 Å². The Morgan fingerprint density at radius 1 is 1.02 bits per heavy atom. The summed E-state index contributed by atoms with van der Waals surface area (Å²) in [6, 6.07) is 12.3. The predicted octanol–water partition coefficient (Wildman–Crippen LogP) is 6.12. The number of ether oxygens (including phenoxy) is 1. The fraction of sp³-hybridized carbons (Fsp3) is 0.333. The molecule has 0 saturated carbocycles. The molecule has 6 rings (SSSR count). The average Bonchev–Trinajstić information content (AvgIpc) is 3.41. The first-order chi connectivity index (χ1) is 19.1. The molecule has 1 unspecified atom stereocenters. The quantitative estimate of drug-likeness (QED) is 0.270. The van der Waals surface area contributed by atoms with Crippen LogP contribution >= 0.6 is 0 Å². The molecule has 0 saturated heterocycles. The van der Waals surface area contributed by atoms with Gasteiger partial charge < -0.3 is 9.64 Å². The van der Waals surface area contributed by atoms with Gasteiger partial charge in [0.1, 0.15) is 22.5 Å². The van der Waals surface area contributed by atoms with Gasteiger partial charge in [0.2, 0.25) is 0 Å². The zero-order valence-corrected chi connectivity index (χ0v) is 22.2. The second kappa shape index (κ2) is 9.46. The molecule has 2 aliphatic rings. The van der Waals surface area contributed by atoms with Crippen LogP contribution in [-0.4, -0.2) is 46.0 Å². The molecule has 0 radical (unpaired) electrons. The Bertz CT molecular complexity index is 1640. The minimum Gasteiger partial charge on any atom is -0.496 e. The summed E-state index contributed by atoms with van der Waals surface area (Å²) in [7, 11) is 1.33. The highest BCUT2D eigenvalue weighted by Gasteiger charge is 2.39. The summed E-state index contributed by atoms with van der Waals surface area (Å²) < 4.78 is 47.3. The Morgan fingerprint density at radius 3 is 2.35 bits per heavy atom. The molecule has 2 aromatic carbocycles. The number of pyridine rings is 1. The average molecular weight is 549 g/mol. The van der Waals surface area contributed by atoms with Gasteiger partial charge in [0.25, 0.3) is 0 Å². The zero-order valence-electron chi connectivity index (χ0n) is 22.2. The smallest absolute Gasteiger partial charge is 0.416 e. The van der Waals surface area contributed by atoms with Crippen molar-refractivity contribution in [3.63, 3.8) is 0 Å². The van der Waals surface area contributed by atoms with E-state index in [0.29, 0.717) is 47.4 Å². The molecular weight excluding hydrogens is 521 g/mol. The highest BCUT2D eigenvalue weighted by Crippen LogP contribution is 2.42. The third-order valence-corrected chi connectivity index (χ3v) is 7.94. The Labute approximate surface area is 228 Å². The second-order valence-corrected chi connectivity index (χ2v) is 10.3. The van der Waals surface area contributed by atoms with Crippen molar-refractivity contribution in [2.24, 2.45) is 5.92 Å². The number of carbonyl (C=O) groups is 2. The molecule has 3 heterocycles. The van der Waals surface area contributed by atoms with Crippen LogP contribution in [0.2, 0.25) is 0 Å². The first-order valence-corrected chi connectivity index (χ1v) is 13.2. The second-order valence-electron chi connectivity index (χ2n) is 10.3. The van der Waals surface area contributed by atoms with E-state index in [9.17, 15) is 22.8 Å². The van der Waals surface area contributed by atoms with Crippen molar-refractivity contribution in [3.05, 3.63) is 70.9 Å². The van der Waals surface area contributed by atoms with E-state index in [2.05, 4.69) is 11.8 Å². The number of fused-ring (bicyclic) bond motifs is 1. The number of halogens is 3. The normalized spacial score (nSPS) is 17.1. The fourth-order valence-electron chi connectivity index (χ4n) is 5.97. The SMILES string of the molecule is CCC1Cn2nc(-c3ccc(C(F)(F)F)cc3OC)c3nc(C)cc(c32)N1CCC1C(=O)c2ccccc2C1=O. The van der Waals surface area contributed by atoms with Crippen molar-refractivity contribution in [3.8, 4) is 17.0 Å². The summed E-state index contributed by atoms with van der Waals surface area (Å²) >= 11 is 0. The molecule has 10 heteroatoms. The molecule has 1 atom stereocenters. The number of ketones is 2. The first-order valence-electron chi connectivity index (χ1n) is 13.2. The van der Waals surface area contributed by atoms with Crippen molar-refractivity contribution >= 4 is 28.3 Å². The number of rotatable bonds is 6. The van der Waals surface area contributed by atoms with Gasteiger partial charge in [-0.2, -0.15) is 18.3 Å². The molecule has 0 N–H and O–H groups in total. The molecule has 0 bridgehead atoms. The number of Topliss-reactive ketones (excluding diaryl/α,β-unsaturated/α-hetero) is 2. The van der Waals surface area contributed by atoms with Crippen LogP contribution in [0.3, 0.4) is 0 Å². The lowest BCUT2D eigenvalue weighted by Gasteiger charge is -2.37. The van der Waals surface area contributed by atoms with Gasteiger partial charge in [-0.3, -0.25) is 14.3 Å². The van der Waals surface area contributed by atoms with Gasteiger partial charge in [0, 0.05) is 35.0 Å². The molecule has 40 heavy (non-hydrogen) atoms. The minimum absolute atomic E-state index is 0.0359. The van der Waals surface area contributed by atoms with Gasteiger partial charge in [0.15, 0.2) is 11.6 Å². The number of carbonyl (C=O) groups excluding carboxylic acids is 2. The predicted molar refractivity (Wildman–Crippen MR) is 144 cm³/mol. The fourth-order valence-corrected chi connectivity index (χ4v) is 5.97. The molecule has 1 aliphatic carbocycles. The van der Waals surface area contributed by atoms with Crippen molar-refractivity contribution < 1.29 is 27.5 Å². The van der Waals surface area contributed by atoms with Crippen molar-refractivity contribution in [2.75, 3.05) is 18.6 Å². The van der Waals surface area contributed by atoms with Crippen LogP contribution < -0.4 is 9.64 Å². The van der Waals surface area contributed by atoms with E-state index < -0.39 is 17.7 Å². The number of hydrogen-bond donors (Lipinski definition) is 0. The van der Waals surface area contributed by atoms with Crippen LogP contribution in [0.5, 0.6) is 5.75 Å². The zero-order chi connectivity index (χ0) is 28.3. The molecule has 4 aromatic rings. The van der Waals surface area contributed by atoms with Crippen LogP contribution in [0, 0.1) is 12.8 Å². The first kappa shape index (κ1) is 26.0. The number of aromatic nitrogens is 3. The van der Waals surface area contributed by atoms with E-state index in [1.165, 1.54) is 13.2 Å². The van der Waals surface area contributed by atoms with E-state index in [1.807, 2.05) is 17.7 Å². The standard InChI is InChI=1S/C30H27F3N4O3/c1-4-18-15-37-27-23(36(18)12-11-22-28(38)19-7-5-6-8-20(19)29(22)39)13-16(2)34-26(27)25(35-37)21-10-9-17(30(31,32)33)14-24(21)40-3/h5-10,13-14,18,22H,4,11-12,15H2,1-3H3. The monoisotopic (exact) mass is 548 g/mol. The van der Waals surface area contributed by atoms with E-state index in [-0.39, 0.29) is 23.4 Å². The topological polar surface area (TPSA) is 77.3 Å². The molecule has 0 spiro atoms. The number of aryl methyl sites for hydroxylation is 1. The van der Waals surface area contributed by atoms with Crippen LogP contribution in [0.15, 0.2) is 48.5 Å². The maximum atomic E-state index is 13.4. The van der Waals surface area contributed by atoms with Crippen LogP contribution in [0.4, 0.5) is 18.9 Å². The minimum atomic E-state index is -4.50. The summed E-state index contributed by atoms with van der Waals surface area (Å²) in [5.74, 6) is -0.925. The third kappa shape index (κ3) is 4.04. The molecule has 7 nitrogen and oxygen atoms in total. The number of nitrogens with zero attached hydrogens (tertiary/aromatic N) is 4. The van der Waals surface area contributed by atoms with Crippen molar-refractivity contribution in [1.82, 2.24) is 14.8 Å². The summed E-state index contributed by atoms with van der Waals surface area (Å²) in [5.41, 5.74) is 3.95. The van der Waals surface area contributed by atoms with Gasteiger partial charge >= 0.3 is 6.18 Å². The van der Waals surface area contributed by atoms with E-state index in [0.717, 1.165) is 35.5 Å². The van der Waals surface area contributed by atoms with Crippen LogP contribution in [0.1, 0.15) is 51.7 Å².